The van der Waals surface area contributed by atoms with Crippen molar-refractivity contribution in [1.29, 1.82) is 0 Å². The van der Waals surface area contributed by atoms with Gasteiger partial charge in [0.25, 0.3) is 0 Å². The van der Waals surface area contributed by atoms with Gasteiger partial charge in [0, 0.05) is 116 Å². The summed E-state index contributed by atoms with van der Waals surface area (Å²) in [6, 6.07) is 66.2. The lowest BCUT2D eigenvalue weighted by molar-refractivity contribution is -0.118. The number of primary amides is 1. The molecule has 4 heterocycles. The smallest absolute Gasteiger partial charge is 0.248 e. The first kappa shape index (κ1) is 94.1. The molecule has 12 aromatic carbocycles. The molecule has 16 rings (SSSR count). The third-order valence-electron chi connectivity index (χ3n) is 21.1. The molecule has 5 amide bonds. The number of carbonyl (C=O) groups is 5. The molecule has 4 saturated heterocycles. The molecule has 0 saturated carbocycles. The molecule has 0 unspecified atom stereocenters. The van der Waals surface area contributed by atoms with Gasteiger partial charge in [-0.3, -0.25) is 29.0 Å². The Morgan fingerprint density at radius 1 is 0.403 bits per heavy atom. The van der Waals surface area contributed by atoms with Crippen molar-refractivity contribution in [1.82, 2.24) is 0 Å². The number of benzene rings is 12. The van der Waals surface area contributed by atoms with E-state index in [0.29, 0.717) is 138 Å². The van der Waals surface area contributed by atoms with Crippen LogP contribution in [0.25, 0.3) is 4.85 Å². The molecule has 4 atom stereocenters. The second-order valence-corrected chi connectivity index (χ2v) is 36.6. The lowest BCUT2D eigenvalue weighted by Crippen LogP contribution is -2.24. The molecule has 12 aromatic rings. The average Bonchev–Trinajstić information content (AvgIpc) is 1.62. The van der Waals surface area contributed by atoms with Crippen LogP contribution in [0.15, 0.2) is 268 Å². The number of nitrogens with zero attached hydrogens (tertiary/aromatic N) is 6. The summed E-state index contributed by atoms with van der Waals surface area (Å²) >= 11 is 37.7. The Morgan fingerprint density at radius 2 is 0.744 bits per heavy atom. The Balaban J connectivity index is 0.000000147. The van der Waals surface area contributed by atoms with Crippen molar-refractivity contribution in [2.75, 3.05) is 52.9 Å². The van der Waals surface area contributed by atoms with Crippen molar-refractivity contribution in [3.63, 3.8) is 0 Å². The second kappa shape index (κ2) is 40.4. The van der Waals surface area contributed by atoms with E-state index in [-0.39, 0.29) is 103 Å². The summed E-state index contributed by atoms with van der Waals surface area (Å²) in [7, 11) is -9.87. The summed E-state index contributed by atoms with van der Waals surface area (Å²) in [4.78, 5) is 75.6. The molecule has 662 valence electrons. The molecule has 0 aliphatic carbocycles. The minimum Gasteiger partial charge on any atom is -0.493 e. The van der Waals surface area contributed by atoms with E-state index in [2.05, 4.69) is 16.6 Å². The van der Waals surface area contributed by atoms with Crippen LogP contribution in [-0.2, 0) is 49.2 Å². The van der Waals surface area contributed by atoms with E-state index in [1.807, 2.05) is 30.3 Å². The summed E-state index contributed by atoms with van der Waals surface area (Å²) in [6.07, 6.45) is 1.10. The first-order valence-corrected chi connectivity index (χ1v) is 45.7. The van der Waals surface area contributed by atoms with E-state index in [4.69, 9.17) is 121 Å². The van der Waals surface area contributed by atoms with Crippen LogP contribution in [0.3, 0.4) is 0 Å². The number of hydrogen-bond acceptors (Lipinski definition) is 17. The quantitative estimate of drug-likeness (QED) is 0.0362. The molecule has 129 heavy (non-hydrogen) atoms. The molecule has 4 fully saturated rings. The zero-order chi connectivity index (χ0) is 92.5. The number of aliphatic imine (C=N–C) groups is 1. The van der Waals surface area contributed by atoms with Gasteiger partial charge in [0.05, 0.1) is 58.5 Å². The second-order valence-electron chi connectivity index (χ2n) is 29.5. The molecule has 0 spiro atoms. The standard InChI is InChI=1S/C24H18ClF2N3O3.C23H20Cl2N2O5S.C23H18ClN3O4S.C22H18Cl2N2O4S/c1-29-23-19(27)10-16(26)11-21(23)33-20-8-13(5-6-18(20)25)15-9-22(31)30(12-15)17-4-2-3-14(7-17)24(28)32;1-31-20-4-2-3-19(25)23(20)32-21-11-14(5-10-18(21)24)15-12-22(28)27(13-15)16-6-8-17(9-7-16)33(26,29)30;1-26-20-4-2-3-5-21(20)31-22-12-15(6-11-19(22)24)16-13-23(28)27(14-16)17-7-9-18(10-8-17)32(25,29)30;23-18-3-1-2-4-20(18)30-21-11-14(5-10-19(21)24)15-12-22(27)26(13-15)16-6-8-17(9-7-16)31(25,28)29/h2-8,10-11,15H,1,9,12H2,(H2,28,32);2-11,15H,12-13H2,1H3,(H2,26,29,30);2-12,16H,13-14H2,(H2,25,29,30);1-11,15H,12-13H2,(H2,25,28,29)/t2*15-;16-;15-/m0000/s1. The van der Waals surface area contributed by atoms with Crippen molar-refractivity contribution in [2.45, 2.75) is 64.0 Å². The number of sulfonamides is 3. The van der Waals surface area contributed by atoms with Crippen LogP contribution in [0.5, 0.6) is 51.7 Å². The lowest BCUT2D eigenvalue weighted by Gasteiger charge is -2.18. The number of anilines is 4. The summed E-state index contributed by atoms with van der Waals surface area (Å²) in [5.41, 5.74) is 11.6. The Labute approximate surface area is 770 Å². The van der Waals surface area contributed by atoms with Gasteiger partial charge in [0.2, 0.25) is 65.3 Å². The first-order chi connectivity index (χ1) is 61.4. The fourth-order valence-electron chi connectivity index (χ4n) is 14.6. The van der Waals surface area contributed by atoms with E-state index in [1.54, 1.807) is 189 Å². The number of ether oxygens (including phenoxy) is 5. The Bertz CT molecular complexity index is 6790. The van der Waals surface area contributed by atoms with Gasteiger partial charge in [-0.2, -0.15) is 0 Å². The molecule has 37 heteroatoms. The number of halogens is 8. The van der Waals surface area contributed by atoms with E-state index < -0.39 is 47.6 Å². The highest BCUT2D eigenvalue weighted by molar-refractivity contribution is 7.89. The van der Waals surface area contributed by atoms with Crippen LogP contribution in [-0.4, -0.2) is 94.8 Å². The highest BCUT2D eigenvalue weighted by atomic mass is 35.5. The van der Waals surface area contributed by atoms with Crippen molar-refractivity contribution in [3.8, 4) is 51.7 Å². The first-order valence-electron chi connectivity index (χ1n) is 38.8. The number of hydrogen-bond donors (Lipinski definition) is 4. The number of amides is 5. The molecular formula is C92H74Cl6F2N10O16S3. The summed E-state index contributed by atoms with van der Waals surface area (Å²) in [6.45, 7) is 12.2. The maximum Gasteiger partial charge on any atom is 0.248 e. The van der Waals surface area contributed by atoms with Crippen LogP contribution in [0.2, 0.25) is 30.1 Å². The highest BCUT2D eigenvalue weighted by Crippen LogP contribution is 2.47. The Kier molecular flexibility index (Phi) is 29.5. The molecule has 0 aromatic heterocycles. The largest absolute Gasteiger partial charge is 0.493 e. The van der Waals surface area contributed by atoms with Crippen molar-refractivity contribution < 1.29 is 81.7 Å². The number of rotatable bonds is 22. The molecule has 8 N–H and O–H groups in total. The Hall–Kier alpha value is -12.5. The summed E-state index contributed by atoms with van der Waals surface area (Å²) in [5.74, 6) is -0.198. The fraction of sp³-hybridized carbons (Fsp3) is 0.141. The highest BCUT2D eigenvalue weighted by Gasteiger charge is 2.37. The van der Waals surface area contributed by atoms with Gasteiger partial charge in [0.1, 0.15) is 46.0 Å². The third-order valence-corrected chi connectivity index (χ3v) is 25.7. The minimum atomic E-state index is -3.80. The van der Waals surface area contributed by atoms with Crippen molar-refractivity contribution in [3.05, 3.63) is 330 Å². The van der Waals surface area contributed by atoms with Gasteiger partial charge in [0.15, 0.2) is 23.1 Å². The number of methoxy groups -OCH3 is 1. The zero-order valence-corrected chi connectivity index (χ0v) is 74.6. The maximum atomic E-state index is 14.0. The topological polar surface area (TPSA) is 368 Å². The Morgan fingerprint density at radius 3 is 1.12 bits per heavy atom. The zero-order valence-electron chi connectivity index (χ0n) is 67.6. The predicted octanol–water partition coefficient (Wildman–Crippen LogP) is 20.1. The van der Waals surface area contributed by atoms with Gasteiger partial charge in [-0.25, -0.2) is 54.3 Å². The fourth-order valence-corrected chi connectivity index (χ4v) is 17.1. The maximum absolute atomic E-state index is 14.0. The number of nitrogens with two attached hydrogens (primary N) is 4. The SMILES string of the molecule is C=Nc1c(F)cc(F)cc1Oc1cc([C@H]2CC(=O)N(c3cccc(C(N)=O)c3)C2)ccc1Cl.COc1cccc(Cl)c1Oc1cc([C@H]2CC(=O)N(c3ccc(S(N)(=O)=O)cc3)C2)ccc1Cl.NS(=O)(=O)c1ccc(N2C[C@@H](c3ccc(Cl)c(Oc4ccccc4Cl)c3)CC2=O)cc1.[C-]#[N+]c1ccccc1Oc1cc([C@H]2CC(=O)N(c3ccc(S(N)(=O)=O)cc3)C2)ccc1Cl. The van der Waals surface area contributed by atoms with Gasteiger partial charge in [-0.1, -0.05) is 136 Å². The predicted molar refractivity (Wildman–Crippen MR) is 491 cm³/mol. The van der Waals surface area contributed by atoms with Crippen LogP contribution in [0, 0.1) is 18.2 Å². The third kappa shape index (κ3) is 22.8. The van der Waals surface area contributed by atoms with E-state index in [1.165, 1.54) is 43.5 Å². The van der Waals surface area contributed by atoms with Crippen LogP contribution in [0.1, 0.15) is 82.0 Å². The van der Waals surface area contributed by atoms with Gasteiger partial charge in [-0.05, 0) is 199 Å². The normalized spacial score (nSPS) is 16.1. The number of primary sulfonamides is 3. The molecule has 0 radical (unpaired) electrons. The van der Waals surface area contributed by atoms with Crippen molar-refractivity contribution >= 4 is 170 Å². The van der Waals surface area contributed by atoms with Gasteiger partial charge < -0.3 is 49.0 Å². The van der Waals surface area contributed by atoms with E-state index in [9.17, 15) is 58.0 Å². The number of para-hydroxylation sites is 4. The van der Waals surface area contributed by atoms with Crippen LogP contribution < -0.4 is 64.4 Å². The van der Waals surface area contributed by atoms with Gasteiger partial charge >= 0.3 is 0 Å². The monoisotopic (exact) mass is 1920 g/mol. The van der Waals surface area contributed by atoms with Gasteiger partial charge in [-0.15, -0.1) is 0 Å². The molecule has 4 aliphatic heterocycles. The van der Waals surface area contributed by atoms with Crippen LogP contribution >= 0.6 is 69.6 Å². The molecular weight excluding hydrogens is 1850 g/mol. The van der Waals surface area contributed by atoms with Crippen molar-refractivity contribution in [2.24, 2.45) is 26.1 Å². The number of carbonyl (C=O) groups excluding carboxylic acids is 5. The lowest BCUT2D eigenvalue weighted by atomic mass is 9.98. The molecule has 4 aliphatic rings. The summed E-state index contributed by atoms with van der Waals surface area (Å²) in [5, 5.41) is 17.7. The molecule has 0 bridgehead atoms. The average molecular weight is 1920 g/mol. The minimum absolute atomic E-state index is 0.00138. The van der Waals surface area contributed by atoms with E-state index in [0.717, 1.165) is 28.3 Å². The van der Waals surface area contributed by atoms with E-state index >= 15 is 0 Å². The summed E-state index contributed by atoms with van der Waals surface area (Å²) < 4.78 is 125. The van der Waals surface area contributed by atoms with Crippen LogP contribution in [0.4, 0.5) is 42.9 Å². The molecule has 26 nitrogen and oxygen atoms in total.